The molecule has 9 nitrogen and oxygen atoms in total. The minimum atomic E-state index is -0.516. The lowest BCUT2D eigenvalue weighted by atomic mass is 9.96. The van der Waals surface area contributed by atoms with E-state index in [0.717, 1.165) is 80.3 Å². The Bertz CT molecular complexity index is 1180. The second kappa shape index (κ2) is 11.8. The van der Waals surface area contributed by atoms with Crippen LogP contribution < -0.4 is 21.3 Å². The van der Waals surface area contributed by atoms with E-state index in [1.165, 1.54) is 6.34 Å². The van der Waals surface area contributed by atoms with E-state index in [1.54, 1.807) is 0 Å². The van der Waals surface area contributed by atoms with Gasteiger partial charge in [0.15, 0.2) is 0 Å². The molecule has 2 aromatic carbocycles. The molecule has 2 atom stereocenters. The molecule has 0 bridgehead atoms. The van der Waals surface area contributed by atoms with Crippen LogP contribution in [-0.4, -0.2) is 92.8 Å². The summed E-state index contributed by atoms with van der Waals surface area (Å²) in [5, 5.41) is 6.96. The number of piperidine rings is 1. The molecular weight excluding hydrogens is 500 g/mol. The van der Waals surface area contributed by atoms with Gasteiger partial charge in [-0.3, -0.25) is 4.79 Å². The predicted molar refractivity (Wildman–Crippen MR) is 158 cm³/mol. The number of halogens is 1. The van der Waals surface area contributed by atoms with Crippen LogP contribution in [0.2, 0.25) is 0 Å². The fourth-order valence-corrected chi connectivity index (χ4v) is 5.33. The first-order valence-electron chi connectivity index (χ1n) is 13.3. The summed E-state index contributed by atoms with van der Waals surface area (Å²) in [7, 11) is 4.25. The highest BCUT2D eigenvalue weighted by Gasteiger charge is 2.26. The van der Waals surface area contributed by atoms with E-state index in [9.17, 15) is 4.79 Å². The van der Waals surface area contributed by atoms with Gasteiger partial charge in [-0.05, 0) is 75.4 Å². The zero-order valence-electron chi connectivity index (χ0n) is 22.1. The van der Waals surface area contributed by atoms with Crippen molar-refractivity contribution in [2.24, 2.45) is 21.6 Å². The van der Waals surface area contributed by atoms with Crippen molar-refractivity contribution in [2.75, 3.05) is 68.9 Å². The summed E-state index contributed by atoms with van der Waals surface area (Å²) in [6.45, 7) is 5.83. The summed E-state index contributed by atoms with van der Waals surface area (Å²) >= 11 is 6.21. The minimum absolute atomic E-state index is 0.0778. The molecule has 2 saturated heterocycles. The first-order chi connectivity index (χ1) is 18.4. The zero-order valence-corrected chi connectivity index (χ0v) is 22.9. The number of piperazine rings is 1. The molecule has 0 aliphatic carbocycles. The van der Waals surface area contributed by atoms with Crippen LogP contribution in [0, 0.1) is 5.92 Å². The molecule has 3 aliphatic rings. The number of aliphatic imine (C=N–C) groups is 2. The first kappa shape index (κ1) is 26.6. The lowest BCUT2D eigenvalue weighted by Crippen LogP contribution is -2.46. The molecule has 0 radical (unpaired) electrons. The van der Waals surface area contributed by atoms with Gasteiger partial charge in [-0.1, -0.05) is 29.8 Å². The number of likely N-dealkylation sites (tertiary alicyclic amines) is 1. The molecule has 4 N–H and O–H groups in total. The van der Waals surface area contributed by atoms with Crippen LogP contribution in [0.4, 0.5) is 17.1 Å². The third kappa shape index (κ3) is 6.18. The standard InChI is InChI=1S/C28H37ClN8O/c1-35-11-9-20(10-12-35)28(38)33-22-6-3-19(4-7-22)21-5-8-24(37-15-13-36(2)14-16-37)23(17-21)34-27-25(30)26(29)31-18-32-27/h3-8,17-18,20,25,27,34H,9-16,30H2,1-2H3,(H,33,38). The molecule has 3 aliphatic heterocycles. The second-order valence-corrected chi connectivity index (χ2v) is 10.9. The van der Waals surface area contributed by atoms with Crippen molar-refractivity contribution in [2.45, 2.75) is 25.0 Å². The fraction of sp³-hybridized carbons (Fsp3) is 0.464. The fourth-order valence-electron chi connectivity index (χ4n) is 5.17. The molecule has 202 valence electrons. The number of benzene rings is 2. The SMILES string of the molecule is CN1CCC(C(=O)Nc2ccc(-c3ccc(N4CCN(C)CC4)c(NC4N=CN=C(Cl)C4N)c3)cc2)CC1. The molecule has 2 aromatic rings. The van der Waals surface area contributed by atoms with Gasteiger partial charge in [-0.15, -0.1) is 0 Å². The number of carbonyl (C=O) groups excluding carboxylic acids is 1. The Morgan fingerprint density at radius 3 is 2.32 bits per heavy atom. The summed E-state index contributed by atoms with van der Waals surface area (Å²) < 4.78 is 0. The zero-order chi connectivity index (χ0) is 26.6. The summed E-state index contributed by atoms with van der Waals surface area (Å²) in [6, 6.07) is 14.0. The van der Waals surface area contributed by atoms with Crippen molar-refractivity contribution in [3.05, 3.63) is 42.5 Å². The molecule has 5 rings (SSSR count). The average Bonchev–Trinajstić information content (AvgIpc) is 2.92. The van der Waals surface area contributed by atoms with Crippen LogP contribution in [0.25, 0.3) is 11.1 Å². The number of nitrogens with two attached hydrogens (primary N) is 1. The number of nitrogens with one attached hydrogen (secondary N) is 2. The normalized spacial score (nSPS) is 23.3. The van der Waals surface area contributed by atoms with Crippen LogP contribution in [0.3, 0.4) is 0 Å². The van der Waals surface area contributed by atoms with Gasteiger partial charge in [0.1, 0.15) is 17.7 Å². The number of hydrogen-bond donors (Lipinski definition) is 3. The van der Waals surface area contributed by atoms with Gasteiger partial charge in [-0.25, -0.2) is 9.98 Å². The molecule has 0 saturated carbocycles. The van der Waals surface area contributed by atoms with Crippen LogP contribution in [0.15, 0.2) is 52.4 Å². The van der Waals surface area contributed by atoms with E-state index in [0.29, 0.717) is 5.17 Å². The van der Waals surface area contributed by atoms with Gasteiger partial charge in [-0.2, -0.15) is 0 Å². The van der Waals surface area contributed by atoms with E-state index in [2.05, 4.69) is 67.6 Å². The lowest BCUT2D eigenvalue weighted by molar-refractivity contribution is -0.121. The Morgan fingerprint density at radius 2 is 1.61 bits per heavy atom. The van der Waals surface area contributed by atoms with E-state index in [1.807, 2.05) is 24.3 Å². The Balaban J connectivity index is 1.34. The summed E-state index contributed by atoms with van der Waals surface area (Å²) in [5.74, 6) is 0.189. The highest BCUT2D eigenvalue weighted by atomic mass is 35.5. The van der Waals surface area contributed by atoms with E-state index < -0.39 is 12.2 Å². The van der Waals surface area contributed by atoms with Gasteiger partial charge in [0.25, 0.3) is 0 Å². The van der Waals surface area contributed by atoms with Crippen molar-refractivity contribution in [1.29, 1.82) is 0 Å². The first-order valence-corrected chi connectivity index (χ1v) is 13.7. The number of carbonyl (C=O) groups is 1. The third-order valence-electron chi connectivity index (χ3n) is 7.74. The molecule has 0 aromatic heterocycles. The Kier molecular flexibility index (Phi) is 8.28. The largest absolute Gasteiger partial charge is 0.367 e. The maximum atomic E-state index is 12.7. The van der Waals surface area contributed by atoms with Gasteiger partial charge in [0, 0.05) is 37.8 Å². The third-order valence-corrected chi connectivity index (χ3v) is 8.09. The van der Waals surface area contributed by atoms with Gasteiger partial charge >= 0.3 is 0 Å². The number of nitrogens with zero attached hydrogens (tertiary/aromatic N) is 5. The maximum Gasteiger partial charge on any atom is 0.227 e. The van der Waals surface area contributed by atoms with E-state index in [-0.39, 0.29) is 11.8 Å². The topological polar surface area (TPSA) is 102 Å². The molecule has 1 amide bonds. The monoisotopic (exact) mass is 536 g/mol. The van der Waals surface area contributed by atoms with Crippen molar-refractivity contribution < 1.29 is 4.79 Å². The average molecular weight is 537 g/mol. The minimum Gasteiger partial charge on any atom is -0.367 e. The van der Waals surface area contributed by atoms with Crippen LogP contribution in [0.5, 0.6) is 0 Å². The summed E-state index contributed by atoms with van der Waals surface area (Å²) in [4.78, 5) is 28.2. The van der Waals surface area contributed by atoms with Gasteiger partial charge in [0.05, 0.1) is 17.4 Å². The smallest absolute Gasteiger partial charge is 0.227 e. The van der Waals surface area contributed by atoms with Crippen molar-refractivity contribution in [3.8, 4) is 11.1 Å². The maximum absolute atomic E-state index is 12.7. The molecule has 2 fully saturated rings. The van der Waals surface area contributed by atoms with Crippen LogP contribution in [0.1, 0.15) is 12.8 Å². The highest BCUT2D eigenvalue weighted by molar-refractivity contribution is 6.67. The Morgan fingerprint density at radius 1 is 0.947 bits per heavy atom. The van der Waals surface area contributed by atoms with Gasteiger partial charge < -0.3 is 31.1 Å². The quantitative estimate of drug-likeness (QED) is 0.524. The lowest BCUT2D eigenvalue weighted by Gasteiger charge is -2.36. The predicted octanol–water partition coefficient (Wildman–Crippen LogP) is 3.13. The Labute approximate surface area is 229 Å². The number of rotatable bonds is 6. The van der Waals surface area contributed by atoms with Crippen LogP contribution >= 0.6 is 11.6 Å². The number of amides is 1. The number of anilines is 3. The summed E-state index contributed by atoms with van der Waals surface area (Å²) in [6.07, 6.45) is 2.86. The van der Waals surface area contributed by atoms with E-state index >= 15 is 0 Å². The molecule has 0 spiro atoms. The van der Waals surface area contributed by atoms with Crippen molar-refractivity contribution in [1.82, 2.24) is 9.80 Å². The van der Waals surface area contributed by atoms with Crippen molar-refractivity contribution >= 4 is 46.1 Å². The van der Waals surface area contributed by atoms with Crippen LogP contribution in [-0.2, 0) is 4.79 Å². The van der Waals surface area contributed by atoms with Crippen molar-refractivity contribution in [3.63, 3.8) is 0 Å². The second-order valence-electron chi connectivity index (χ2n) is 10.5. The number of likely N-dealkylation sites (N-methyl/N-ethyl adjacent to an activating group) is 1. The number of hydrogen-bond acceptors (Lipinski definition) is 8. The summed E-state index contributed by atoms with van der Waals surface area (Å²) in [5.41, 5.74) is 11.3. The molecule has 2 unspecified atom stereocenters. The van der Waals surface area contributed by atoms with E-state index in [4.69, 9.17) is 17.3 Å². The van der Waals surface area contributed by atoms with Gasteiger partial charge in [0.2, 0.25) is 5.91 Å². The molecular formula is C28H37ClN8O. The molecule has 3 heterocycles. The molecule has 10 heteroatoms. The highest BCUT2D eigenvalue weighted by Crippen LogP contribution is 2.34. The Hall–Kier alpha value is -2.98. The molecule has 38 heavy (non-hydrogen) atoms.